The van der Waals surface area contributed by atoms with Gasteiger partial charge in [0.25, 0.3) is 0 Å². The molecule has 0 aromatic heterocycles. The SMILES string of the molecule is CCN(CC1CCNC1C)C(C)COC. The zero-order valence-electron chi connectivity index (χ0n) is 10.6. The standard InChI is InChI=1S/C12H26N2O/c1-5-14(10(2)9-15-4)8-12-6-7-13-11(12)3/h10-13H,5-9H2,1-4H3. The Hall–Kier alpha value is -0.120. The number of methoxy groups -OCH3 is 1. The second kappa shape index (κ2) is 6.46. The van der Waals surface area contributed by atoms with Crippen LogP contribution in [-0.4, -0.2) is 50.3 Å². The first-order valence-corrected chi connectivity index (χ1v) is 6.15. The van der Waals surface area contributed by atoms with E-state index in [0.717, 1.165) is 19.1 Å². The van der Waals surface area contributed by atoms with Crippen molar-refractivity contribution in [2.45, 2.75) is 39.3 Å². The summed E-state index contributed by atoms with van der Waals surface area (Å²) in [5.41, 5.74) is 0. The summed E-state index contributed by atoms with van der Waals surface area (Å²) in [6, 6.07) is 1.21. The number of rotatable bonds is 6. The predicted molar refractivity (Wildman–Crippen MR) is 64.2 cm³/mol. The molecule has 15 heavy (non-hydrogen) atoms. The van der Waals surface area contributed by atoms with Crippen LogP contribution < -0.4 is 5.32 Å². The van der Waals surface area contributed by atoms with E-state index in [9.17, 15) is 0 Å². The van der Waals surface area contributed by atoms with Gasteiger partial charge in [0, 0.05) is 25.7 Å². The number of hydrogen-bond donors (Lipinski definition) is 1. The van der Waals surface area contributed by atoms with Gasteiger partial charge in [0.15, 0.2) is 0 Å². The van der Waals surface area contributed by atoms with Crippen LogP contribution >= 0.6 is 0 Å². The minimum atomic E-state index is 0.535. The maximum absolute atomic E-state index is 5.22. The molecule has 0 bridgehead atoms. The molecule has 3 unspecified atom stereocenters. The second-order valence-corrected chi connectivity index (χ2v) is 4.68. The molecule has 1 saturated heterocycles. The van der Waals surface area contributed by atoms with E-state index >= 15 is 0 Å². The number of ether oxygens (including phenoxy) is 1. The van der Waals surface area contributed by atoms with Crippen molar-refractivity contribution >= 4 is 0 Å². The van der Waals surface area contributed by atoms with E-state index in [1.807, 2.05) is 0 Å². The van der Waals surface area contributed by atoms with Gasteiger partial charge >= 0.3 is 0 Å². The highest BCUT2D eigenvalue weighted by Crippen LogP contribution is 2.17. The normalized spacial score (nSPS) is 28.6. The highest BCUT2D eigenvalue weighted by molar-refractivity contribution is 4.83. The van der Waals surface area contributed by atoms with Gasteiger partial charge in [-0.2, -0.15) is 0 Å². The average molecular weight is 214 g/mol. The van der Waals surface area contributed by atoms with Crippen molar-refractivity contribution in [1.82, 2.24) is 10.2 Å². The van der Waals surface area contributed by atoms with Gasteiger partial charge in [0.05, 0.1) is 6.61 Å². The molecule has 0 saturated carbocycles. The first-order valence-electron chi connectivity index (χ1n) is 6.15. The van der Waals surface area contributed by atoms with Crippen LogP contribution in [0.15, 0.2) is 0 Å². The molecule has 0 amide bonds. The van der Waals surface area contributed by atoms with Crippen LogP contribution in [0, 0.1) is 5.92 Å². The third-order valence-electron chi connectivity index (χ3n) is 3.59. The monoisotopic (exact) mass is 214 g/mol. The van der Waals surface area contributed by atoms with E-state index in [0.29, 0.717) is 12.1 Å². The molecule has 3 heteroatoms. The second-order valence-electron chi connectivity index (χ2n) is 4.68. The summed E-state index contributed by atoms with van der Waals surface area (Å²) in [4.78, 5) is 2.53. The molecule has 0 radical (unpaired) electrons. The minimum Gasteiger partial charge on any atom is -0.383 e. The summed E-state index contributed by atoms with van der Waals surface area (Å²) >= 11 is 0. The fourth-order valence-corrected chi connectivity index (χ4v) is 2.43. The van der Waals surface area contributed by atoms with Crippen molar-refractivity contribution in [1.29, 1.82) is 0 Å². The van der Waals surface area contributed by atoms with Gasteiger partial charge in [-0.15, -0.1) is 0 Å². The molecule has 1 rings (SSSR count). The zero-order valence-corrected chi connectivity index (χ0v) is 10.6. The van der Waals surface area contributed by atoms with Crippen LogP contribution in [0.1, 0.15) is 27.2 Å². The quantitative estimate of drug-likeness (QED) is 0.722. The first-order chi connectivity index (χ1) is 7.19. The fourth-order valence-electron chi connectivity index (χ4n) is 2.43. The summed E-state index contributed by atoms with van der Waals surface area (Å²) in [5, 5.41) is 3.51. The highest BCUT2D eigenvalue weighted by atomic mass is 16.5. The molecule has 0 spiro atoms. The Bertz CT molecular complexity index is 175. The maximum Gasteiger partial charge on any atom is 0.0615 e. The molecule has 1 fully saturated rings. The Morgan fingerprint density at radius 3 is 2.73 bits per heavy atom. The van der Waals surface area contributed by atoms with Crippen molar-refractivity contribution in [3.8, 4) is 0 Å². The Morgan fingerprint density at radius 1 is 1.53 bits per heavy atom. The van der Waals surface area contributed by atoms with Crippen LogP contribution in [0.4, 0.5) is 0 Å². The van der Waals surface area contributed by atoms with Crippen molar-refractivity contribution in [3.63, 3.8) is 0 Å². The van der Waals surface area contributed by atoms with Crippen molar-refractivity contribution < 1.29 is 4.74 Å². The molecule has 1 aliphatic rings. The molecule has 1 aliphatic heterocycles. The number of hydrogen-bond acceptors (Lipinski definition) is 3. The summed E-state index contributed by atoms with van der Waals surface area (Å²) in [6.07, 6.45) is 1.32. The van der Waals surface area contributed by atoms with Gasteiger partial charge in [-0.25, -0.2) is 0 Å². The molecule has 1 N–H and O–H groups in total. The summed E-state index contributed by atoms with van der Waals surface area (Å²) in [7, 11) is 1.78. The molecule has 0 aromatic carbocycles. The summed E-state index contributed by atoms with van der Waals surface area (Å²) < 4.78 is 5.22. The van der Waals surface area contributed by atoms with Crippen LogP contribution in [0.2, 0.25) is 0 Å². The number of likely N-dealkylation sites (N-methyl/N-ethyl adjacent to an activating group) is 1. The number of nitrogens with one attached hydrogen (secondary N) is 1. The van der Waals surface area contributed by atoms with Crippen molar-refractivity contribution in [2.24, 2.45) is 5.92 Å². The molecule has 3 nitrogen and oxygen atoms in total. The lowest BCUT2D eigenvalue weighted by Gasteiger charge is -2.31. The van der Waals surface area contributed by atoms with Gasteiger partial charge < -0.3 is 10.1 Å². The zero-order chi connectivity index (χ0) is 11.3. The Balaban J connectivity index is 2.38. The third-order valence-corrected chi connectivity index (χ3v) is 3.59. The molecule has 0 aromatic rings. The molecule has 1 heterocycles. The average Bonchev–Trinajstić information content (AvgIpc) is 2.61. The van der Waals surface area contributed by atoms with Crippen LogP contribution in [0.3, 0.4) is 0 Å². The van der Waals surface area contributed by atoms with Gasteiger partial charge in [0.1, 0.15) is 0 Å². The first kappa shape index (κ1) is 12.9. The Labute approximate surface area is 94.2 Å². The van der Waals surface area contributed by atoms with E-state index in [1.54, 1.807) is 7.11 Å². The largest absolute Gasteiger partial charge is 0.383 e. The van der Waals surface area contributed by atoms with E-state index in [1.165, 1.54) is 19.5 Å². The highest BCUT2D eigenvalue weighted by Gasteiger charge is 2.25. The number of nitrogens with zero attached hydrogens (tertiary/aromatic N) is 1. The van der Waals surface area contributed by atoms with Gasteiger partial charge in [-0.05, 0) is 39.3 Å². The van der Waals surface area contributed by atoms with Crippen LogP contribution in [-0.2, 0) is 4.74 Å². The Kier molecular flexibility index (Phi) is 5.58. The lowest BCUT2D eigenvalue weighted by molar-refractivity contribution is 0.0904. The molecule has 0 aliphatic carbocycles. The third kappa shape index (κ3) is 3.74. The smallest absolute Gasteiger partial charge is 0.0615 e. The van der Waals surface area contributed by atoms with Crippen molar-refractivity contribution in [2.75, 3.05) is 33.4 Å². The minimum absolute atomic E-state index is 0.535. The topological polar surface area (TPSA) is 24.5 Å². The lowest BCUT2D eigenvalue weighted by Crippen LogP contribution is -2.41. The van der Waals surface area contributed by atoms with E-state index in [-0.39, 0.29) is 0 Å². The fraction of sp³-hybridized carbons (Fsp3) is 1.00. The molecule has 90 valence electrons. The summed E-state index contributed by atoms with van der Waals surface area (Å²) in [5.74, 6) is 0.809. The van der Waals surface area contributed by atoms with Gasteiger partial charge in [0.2, 0.25) is 0 Å². The molecular formula is C12H26N2O. The Morgan fingerprint density at radius 2 is 2.27 bits per heavy atom. The van der Waals surface area contributed by atoms with Crippen LogP contribution in [0.5, 0.6) is 0 Å². The molecule has 3 atom stereocenters. The maximum atomic E-state index is 5.22. The van der Waals surface area contributed by atoms with Crippen LogP contribution in [0.25, 0.3) is 0 Å². The van der Waals surface area contributed by atoms with E-state index < -0.39 is 0 Å². The van der Waals surface area contributed by atoms with E-state index in [2.05, 4.69) is 31.0 Å². The lowest BCUT2D eigenvalue weighted by atomic mass is 10.0. The molecular weight excluding hydrogens is 188 g/mol. The predicted octanol–water partition coefficient (Wildman–Crippen LogP) is 1.34. The summed E-state index contributed by atoms with van der Waals surface area (Å²) in [6.45, 7) is 11.1. The van der Waals surface area contributed by atoms with Gasteiger partial charge in [-0.3, -0.25) is 4.90 Å². The van der Waals surface area contributed by atoms with Gasteiger partial charge in [-0.1, -0.05) is 6.92 Å². The van der Waals surface area contributed by atoms with Crippen molar-refractivity contribution in [3.05, 3.63) is 0 Å². The van der Waals surface area contributed by atoms with E-state index in [4.69, 9.17) is 4.74 Å².